The van der Waals surface area contributed by atoms with Gasteiger partial charge in [-0.15, -0.1) is 0 Å². The first-order chi connectivity index (χ1) is 5.88. The first-order valence-electron chi connectivity index (χ1n) is 3.80. The first-order valence-corrected chi connectivity index (χ1v) is 3.80. The molecule has 2 rings (SSSR count). The van der Waals surface area contributed by atoms with E-state index >= 15 is 0 Å². The Hall–Kier alpha value is -1.57. The number of nitrogens with one attached hydrogen (secondary N) is 1. The highest BCUT2D eigenvalue weighted by molar-refractivity contribution is 5.78. The van der Waals surface area contributed by atoms with Crippen molar-refractivity contribution in [3.05, 3.63) is 36.5 Å². The molecule has 1 heterocycles. The number of benzene rings is 1. The summed E-state index contributed by atoms with van der Waals surface area (Å²) in [7, 11) is 0. The normalized spacial score (nSPS) is 8.75. The Kier molecular flexibility index (Phi) is 3.08. The zero-order valence-corrected chi connectivity index (χ0v) is 6.95. The van der Waals surface area contributed by atoms with E-state index in [0.29, 0.717) is 0 Å². The monoisotopic (exact) mass is 161 g/mol. The fraction of sp³-hybridized carbons (Fsp3) is 0.100. The predicted octanol–water partition coefficient (Wildman–Crippen LogP) is 2.37. The van der Waals surface area contributed by atoms with Gasteiger partial charge in [-0.05, 0) is 24.4 Å². The van der Waals surface area contributed by atoms with Gasteiger partial charge in [0.2, 0.25) is 0 Å². The number of para-hydroxylation sites is 1. The average molecular weight is 161 g/mol. The van der Waals surface area contributed by atoms with Crippen molar-refractivity contribution in [2.45, 2.75) is 6.92 Å². The second kappa shape index (κ2) is 4.34. The van der Waals surface area contributed by atoms with Crippen LogP contribution < -0.4 is 0 Å². The summed E-state index contributed by atoms with van der Waals surface area (Å²) in [6.45, 7) is 1.44. The maximum Gasteiger partial charge on any atom is 0.116 e. The molecule has 0 radical (unpaired) electrons. The highest BCUT2D eigenvalue weighted by atomic mass is 16.1. The van der Waals surface area contributed by atoms with Crippen molar-refractivity contribution in [1.29, 1.82) is 0 Å². The van der Waals surface area contributed by atoms with Crippen LogP contribution in [0.15, 0.2) is 36.5 Å². The van der Waals surface area contributed by atoms with Crippen molar-refractivity contribution in [3.63, 3.8) is 0 Å². The third kappa shape index (κ3) is 1.95. The van der Waals surface area contributed by atoms with Crippen molar-refractivity contribution >= 4 is 17.2 Å². The van der Waals surface area contributed by atoms with E-state index in [0.717, 1.165) is 6.29 Å². The average Bonchev–Trinajstić information content (AvgIpc) is 2.52. The summed E-state index contributed by atoms with van der Waals surface area (Å²) in [6.07, 6.45) is 2.70. The molecular weight excluding hydrogens is 150 g/mol. The van der Waals surface area contributed by atoms with Gasteiger partial charge < -0.3 is 9.78 Å². The van der Waals surface area contributed by atoms with Crippen LogP contribution in [-0.4, -0.2) is 11.3 Å². The van der Waals surface area contributed by atoms with Crippen LogP contribution in [0.2, 0.25) is 0 Å². The quantitative estimate of drug-likeness (QED) is 0.591. The minimum atomic E-state index is 0.750. The van der Waals surface area contributed by atoms with Gasteiger partial charge in [0, 0.05) is 11.7 Å². The third-order valence-corrected chi connectivity index (χ3v) is 1.46. The van der Waals surface area contributed by atoms with Crippen LogP contribution >= 0.6 is 0 Å². The number of H-pyrrole nitrogens is 1. The molecule has 0 aliphatic carbocycles. The molecule has 1 N–H and O–H groups in total. The number of aldehydes is 1. The standard InChI is InChI=1S/C8H7N.C2H4O/c1-2-4-8-7(3-1)5-6-9-8;1-2-3/h1-6,9H;2H,1H3. The van der Waals surface area contributed by atoms with Crippen LogP contribution in [-0.2, 0) is 4.79 Å². The molecule has 0 bridgehead atoms. The first kappa shape index (κ1) is 8.53. The molecule has 0 aliphatic heterocycles. The number of hydrogen-bond acceptors (Lipinski definition) is 1. The molecule has 0 fully saturated rings. The third-order valence-electron chi connectivity index (χ3n) is 1.46. The van der Waals surface area contributed by atoms with Crippen molar-refractivity contribution in [3.8, 4) is 0 Å². The van der Waals surface area contributed by atoms with E-state index < -0.39 is 0 Å². The van der Waals surface area contributed by atoms with Crippen molar-refractivity contribution < 1.29 is 4.79 Å². The summed E-state index contributed by atoms with van der Waals surface area (Å²) in [5, 5.41) is 1.28. The van der Waals surface area contributed by atoms with Gasteiger partial charge in [0.1, 0.15) is 6.29 Å². The lowest BCUT2D eigenvalue weighted by molar-refractivity contribution is -0.106. The fourth-order valence-electron chi connectivity index (χ4n) is 0.995. The van der Waals surface area contributed by atoms with Crippen molar-refractivity contribution in [2.24, 2.45) is 0 Å². The summed E-state index contributed by atoms with van der Waals surface area (Å²) >= 11 is 0. The van der Waals surface area contributed by atoms with Crippen LogP contribution in [0.1, 0.15) is 6.92 Å². The number of carbonyl (C=O) groups excluding carboxylic acids is 1. The van der Waals surface area contributed by atoms with Crippen molar-refractivity contribution in [2.75, 3.05) is 0 Å². The number of carbonyl (C=O) groups is 1. The SMILES string of the molecule is CC=O.c1ccc2[nH]ccc2c1. The minimum absolute atomic E-state index is 0.750. The molecule has 2 heteroatoms. The Morgan fingerprint density at radius 3 is 2.58 bits per heavy atom. The number of hydrogen-bond donors (Lipinski definition) is 1. The van der Waals surface area contributed by atoms with Crippen LogP contribution in [0, 0.1) is 0 Å². The van der Waals surface area contributed by atoms with E-state index in [2.05, 4.69) is 23.2 Å². The lowest BCUT2D eigenvalue weighted by Gasteiger charge is -1.83. The van der Waals surface area contributed by atoms with Crippen LogP contribution in [0.25, 0.3) is 10.9 Å². The maximum atomic E-state index is 8.81. The topological polar surface area (TPSA) is 32.9 Å². The Morgan fingerprint density at radius 1 is 1.25 bits per heavy atom. The zero-order valence-electron chi connectivity index (χ0n) is 6.95. The summed E-state index contributed by atoms with van der Waals surface area (Å²) in [6, 6.07) is 10.3. The zero-order chi connectivity index (χ0) is 8.81. The van der Waals surface area contributed by atoms with E-state index in [1.54, 1.807) is 0 Å². The van der Waals surface area contributed by atoms with E-state index in [4.69, 9.17) is 4.79 Å². The summed E-state index contributed by atoms with van der Waals surface area (Å²) in [5.41, 5.74) is 1.21. The number of fused-ring (bicyclic) bond motifs is 1. The van der Waals surface area contributed by atoms with E-state index in [1.807, 2.05) is 18.3 Å². The molecule has 1 aromatic carbocycles. The molecule has 62 valence electrons. The molecule has 2 aromatic rings. The smallest absolute Gasteiger partial charge is 0.116 e. The molecule has 0 saturated carbocycles. The van der Waals surface area contributed by atoms with Gasteiger partial charge in [-0.3, -0.25) is 0 Å². The summed E-state index contributed by atoms with van der Waals surface area (Å²) < 4.78 is 0. The number of aromatic nitrogens is 1. The Morgan fingerprint density at radius 2 is 1.92 bits per heavy atom. The molecule has 0 unspecified atom stereocenters. The molecule has 12 heavy (non-hydrogen) atoms. The molecule has 0 aliphatic rings. The Bertz CT molecular complexity index is 321. The molecular formula is C10H11NO. The highest BCUT2D eigenvalue weighted by Crippen LogP contribution is 2.09. The molecule has 0 atom stereocenters. The van der Waals surface area contributed by atoms with Crippen LogP contribution in [0.4, 0.5) is 0 Å². The summed E-state index contributed by atoms with van der Waals surface area (Å²) in [4.78, 5) is 11.9. The second-order valence-electron chi connectivity index (χ2n) is 2.30. The van der Waals surface area contributed by atoms with Gasteiger partial charge in [0.05, 0.1) is 0 Å². The molecule has 2 nitrogen and oxygen atoms in total. The fourth-order valence-corrected chi connectivity index (χ4v) is 0.995. The van der Waals surface area contributed by atoms with Gasteiger partial charge in [0.25, 0.3) is 0 Å². The lowest BCUT2D eigenvalue weighted by atomic mass is 10.3. The predicted molar refractivity (Wildman–Crippen MR) is 50.0 cm³/mol. The second-order valence-corrected chi connectivity index (χ2v) is 2.30. The number of aromatic amines is 1. The summed E-state index contributed by atoms with van der Waals surface area (Å²) in [5.74, 6) is 0. The maximum absolute atomic E-state index is 8.81. The molecule has 1 aromatic heterocycles. The molecule has 0 saturated heterocycles. The van der Waals surface area contributed by atoms with Crippen LogP contribution in [0.3, 0.4) is 0 Å². The van der Waals surface area contributed by atoms with E-state index in [-0.39, 0.29) is 0 Å². The van der Waals surface area contributed by atoms with Gasteiger partial charge in [-0.25, -0.2) is 0 Å². The number of rotatable bonds is 0. The molecule has 0 amide bonds. The minimum Gasteiger partial charge on any atom is -0.361 e. The Balaban J connectivity index is 0.000000213. The van der Waals surface area contributed by atoms with Gasteiger partial charge in [-0.1, -0.05) is 18.2 Å². The van der Waals surface area contributed by atoms with E-state index in [9.17, 15) is 0 Å². The molecule has 0 spiro atoms. The van der Waals surface area contributed by atoms with Gasteiger partial charge in [0.15, 0.2) is 0 Å². The highest BCUT2D eigenvalue weighted by Gasteiger charge is 1.86. The Labute approximate surface area is 71.2 Å². The van der Waals surface area contributed by atoms with Gasteiger partial charge >= 0.3 is 0 Å². The van der Waals surface area contributed by atoms with E-state index in [1.165, 1.54) is 17.8 Å². The lowest BCUT2D eigenvalue weighted by Crippen LogP contribution is -1.61. The van der Waals surface area contributed by atoms with Crippen LogP contribution in [0.5, 0.6) is 0 Å². The largest absolute Gasteiger partial charge is 0.361 e. The van der Waals surface area contributed by atoms with Crippen molar-refractivity contribution in [1.82, 2.24) is 4.98 Å². The van der Waals surface area contributed by atoms with Gasteiger partial charge in [-0.2, -0.15) is 0 Å².